The Balaban J connectivity index is 1.43. The fourth-order valence-corrected chi connectivity index (χ4v) is 4.85. The summed E-state index contributed by atoms with van der Waals surface area (Å²) < 4.78 is 6.02. The number of ether oxygens (including phenoxy) is 1. The van der Waals surface area contributed by atoms with Gasteiger partial charge in [0.25, 0.3) is 0 Å². The number of carbonyl (C=O) groups excluding carboxylic acids is 1. The average Bonchev–Trinajstić information content (AvgIpc) is 2.65. The molecule has 3 aliphatic heterocycles. The first kappa shape index (κ1) is 17.8. The summed E-state index contributed by atoms with van der Waals surface area (Å²) >= 11 is 0. The van der Waals surface area contributed by atoms with E-state index in [1.165, 1.54) is 25.9 Å². The van der Waals surface area contributed by atoms with Crippen molar-refractivity contribution in [1.82, 2.24) is 9.80 Å². The van der Waals surface area contributed by atoms with Gasteiger partial charge in [0, 0.05) is 19.0 Å². The number of para-hydroxylation sites is 2. The molecule has 0 saturated carbocycles. The number of anilines is 1. The zero-order valence-corrected chi connectivity index (χ0v) is 15.8. The first-order valence-electron chi connectivity index (χ1n) is 10.1. The van der Waals surface area contributed by atoms with Crippen molar-refractivity contribution < 1.29 is 9.53 Å². The summed E-state index contributed by atoms with van der Waals surface area (Å²) in [5.41, 5.74) is 0.805. The first-order valence-corrected chi connectivity index (χ1v) is 10.1. The van der Waals surface area contributed by atoms with E-state index in [1.54, 1.807) is 0 Å². The Kier molecular flexibility index (Phi) is 5.46. The van der Waals surface area contributed by atoms with Gasteiger partial charge in [0.1, 0.15) is 5.75 Å². The number of benzene rings is 1. The molecule has 1 amide bonds. The van der Waals surface area contributed by atoms with Crippen molar-refractivity contribution in [3.8, 4) is 5.75 Å². The zero-order valence-electron chi connectivity index (χ0n) is 15.8. The number of carbonyl (C=O) groups is 1. The molecule has 0 unspecified atom stereocenters. The lowest BCUT2D eigenvalue weighted by molar-refractivity contribution is -0.118. The van der Waals surface area contributed by atoms with Crippen LogP contribution in [0.4, 0.5) is 5.69 Å². The van der Waals surface area contributed by atoms with Crippen molar-refractivity contribution >= 4 is 11.6 Å². The Morgan fingerprint density at radius 1 is 1.04 bits per heavy atom. The number of rotatable bonds is 1. The molecule has 1 N–H and O–H groups in total. The number of hydrogen-bond donors (Lipinski definition) is 1. The van der Waals surface area contributed by atoms with Gasteiger partial charge in [-0.2, -0.15) is 0 Å². The molecule has 1 aromatic rings. The SMILES string of the molecule is CN1CCC(N2CC[C@H]3CC(=O)Nc4ccccc4OCC[C@H]3C2)CC1. The quantitative estimate of drug-likeness (QED) is 0.839. The van der Waals surface area contributed by atoms with Crippen LogP contribution < -0.4 is 10.1 Å². The normalized spacial score (nSPS) is 29.2. The third kappa shape index (κ3) is 4.04. The number of nitrogens with one attached hydrogen (secondary N) is 1. The molecule has 4 rings (SSSR count). The predicted molar refractivity (Wildman–Crippen MR) is 103 cm³/mol. The van der Waals surface area contributed by atoms with E-state index in [0.717, 1.165) is 50.0 Å². The van der Waals surface area contributed by atoms with Crippen LogP contribution in [0.1, 0.15) is 32.1 Å². The second-order valence-corrected chi connectivity index (χ2v) is 8.22. The van der Waals surface area contributed by atoms with E-state index in [9.17, 15) is 4.79 Å². The minimum Gasteiger partial charge on any atom is -0.491 e. The van der Waals surface area contributed by atoms with Gasteiger partial charge < -0.3 is 15.0 Å². The Bertz CT molecular complexity index is 627. The molecule has 2 saturated heterocycles. The van der Waals surface area contributed by atoms with Crippen LogP contribution in [-0.4, -0.2) is 61.6 Å². The van der Waals surface area contributed by atoms with Crippen LogP contribution in [0.2, 0.25) is 0 Å². The van der Waals surface area contributed by atoms with E-state index in [1.807, 2.05) is 24.3 Å². The maximum atomic E-state index is 12.6. The van der Waals surface area contributed by atoms with Gasteiger partial charge in [-0.3, -0.25) is 9.69 Å². The highest BCUT2D eigenvalue weighted by Crippen LogP contribution is 2.34. The molecule has 0 bridgehead atoms. The molecular weight excluding hydrogens is 326 g/mol. The Morgan fingerprint density at radius 3 is 2.69 bits per heavy atom. The second-order valence-electron chi connectivity index (χ2n) is 8.22. The van der Waals surface area contributed by atoms with Crippen molar-refractivity contribution in [2.75, 3.05) is 45.2 Å². The summed E-state index contributed by atoms with van der Waals surface area (Å²) in [5.74, 6) is 1.96. The minimum atomic E-state index is 0.130. The monoisotopic (exact) mass is 357 g/mol. The molecule has 0 spiro atoms. The topological polar surface area (TPSA) is 44.8 Å². The van der Waals surface area contributed by atoms with Gasteiger partial charge in [0.2, 0.25) is 5.91 Å². The van der Waals surface area contributed by atoms with Crippen LogP contribution in [0.25, 0.3) is 0 Å². The summed E-state index contributed by atoms with van der Waals surface area (Å²) in [6.07, 6.45) is 5.36. The highest BCUT2D eigenvalue weighted by molar-refractivity contribution is 5.92. The zero-order chi connectivity index (χ0) is 17.9. The highest BCUT2D eigenvalue weighted by atomic mass is 16.5. The van der Waals surface area contributed by atoms with E-state index in [4.69, 9.17) is 4.74 Å². The van der Waals surface area contributed by atoms with Crippen LogP contribution in [0, 0.1) is 11.8 Å². The molecule has 26 heavy (non-hydrogen) atoms. The molecule has 5 nitrogen and oxygen atoms in total. The minimum absolute atomic E-state index is 0.130. The number of piperidine rings is 2. The van der Waals surface area contributed by atoms with Gasteiger partial charge in [-0.15, -0.1) is 0 Å². The first-order chi connectivity index (χ1) is 12.7. The van der Waals surface area contributed by atoms with Crippen molar-refractivity contribution in [3.05, 3.63) is 24.3 Å². The predicted octanol–water partition coefficient (Wildman–Crippen LogP) is 2.83. The summed E-state index contributed by atoms with van der Waals surface area (Å²) in [4.78, 5) is 17.7. The number of amides is 1. The third-order valence-electron chi connectivity index (χ3n) is 6.48. The van der Waals surface area contributed by atoms with Gasteiger partial charge in [0.15, 0.2) is 0 Å². The van der Waals surface area contributed by atoms with Gasteiger partial charge in [-0.25, -0.2) is 0 Å². The molecule has 5 heteroatoms. The van der Waals surface area contributed by atoms with Crippen LogP contribution >= 0.6 is 0 Å². The van der Waals surface area contributed by atoms with E-state index < -0.39 is 0 Å². The maximum absolute atomic E-state index is 12.6. The van der Waals surface area contributed by atoms with Crippen LogP contribution in [0.3, 0.4) is 0 Å². The lowest BCUT2D eigenvalue weighted by atomic mass is 9.80. The van der Waals surface area contributed by atoms with Crippen molar-refractivity contribution in [3.63, 3.8) is 0 Å². The molecule has 0 radical (unpaired) electrons. The van der Waals surface area contributed by atoms with Crippen molar-refractivity contribution in [1.29, 1.82) is 0 Å². The molecule has 3 heterocycles. The lowest BCUT2D eigenvalue weighted by Gasteiger charge is -2.44. The lowest BCUT2D eigenvalue weighted by Crippen LogP contribution is -2.50. The fourth-order valence-electron chi connectivity index (χ4n) is 4.85. The Morgan fingerprint density at radius 2 is 1.85 bits per heavy atom. The molecule has 142 valence electrons. The summed E-state index contributed by atoms with van der Waals surface area (Å²) in [6, 6.07) is 8.49. The summed E-state index contributed by atoms with van der Waals surface area (Å²) in [7, 11) is 2.22. The second kappa shape index (κ2) is 7.97. The number of hydrogen-bond acceptors (Lipinski definition) is 4. The largest absolute Gasteiger partial charge is 0.491 e. The molecule has 2 fully saturated rings. The van der Waals surface area contributed by atoms with Crippen molar-refractivity contribution in [2.24, 2.45) is 11.8 Å². The van der Waals surface area contributed by atoms with Crippen LogP contribution in [-0.2, 0) is 4.79 Å². The van der Waals surface area contributed by atoms with Crippen LogP contribution in [0.15, 0.2) is 24.3 Å². The molecule has 0 aliphatic carbocycles. The van der Waals surface area contributed by atoms with Crippen LogP contribution in [0.5, 0.6) is 5.75 Å². The van der Waals surface area contributed by atoms with E-state index in [-0.39, 0.29) is 5.91 Å². The molecule has 2 atom stereocenters. The number of nitrogens with zero attached hydrogens (tertiary/aromatic N) is 2. The molecular formula is C21H31N3O2. The third-order valence-corrected chi connectivity index (χ3v) is 6.48. The Labute approximate surface area is 156 Å². The summed E-state index contributed by atoms with van der Waals surface area (Å²) in [6.45, 7) is 5.40. The van der Waals surface area contributed by atoms with Crippen molar-refractivity contribution in [2.45, 2.75) is 38.1 Å². The molecule has 3 aliphatic rings. The smallest absolute Gasteiger partial charge is 0.224 e. The van der Waals surface area contributed by atoms with Gasteiger partial charge in [-0.05, 0) is 76.3 Å². The molecule has 1 aromatic carbocycles. The standard InChI is InChI=1S/C21H31N3O2/c1-23-10-7-18(8-11-23)24-12-6-16-14-21(25)22-19-4-2-3-5-20(19)26-13-9-17(16)15-24/h2-5,16-18H,6-15H2,1H3,(H,22,25)/t16-,17-/m0/s1. The van der Waals surface area contributed by atoms with E-state index in [2.05, 4.69) is 22.2 Å². The van der Waals surface area contributed by atoms with E-state index in [0.29, 0.717) is 18.3 Å². The Hall–Kier alpha value is -1.59. The van der Waals surface area contributed by atoms with E-state index >= 15 is 0 Å². The molecule has 0 aromatic heterocycles. The summed E-state index contributed by atoms with van der Waals surface area (Å²) in [5, 5.41) is 3.06. The van der Waals surface area contributed by atoms with Gasteiger partial charge >= 0.3 is 0 Å². The van der Waals surface area contributed by atoms with Gasteiger partial charge in [0.05, 0.1) is 12.3 Å². The average molecular weight is 357 g/mol. The maximum Gasteiger partial charge on any atom is 0.224 e. The van der Waals surface area contributed by atoms with Gasteiger partial charge in [-0.1, -0.05) is 12.1 Å². The fraction of sp³-hybridized carbons (Fsp3) is 0.667. The highest BCUT2D eigenvalue weighted by Gasteiger charge is 2.34. The number of likely N-dealkylation sites (tertiary alicyclic amines) is 2. The number of fused-ring (bicyclic) bond motifs is 2.